The highest BCUT2D eigenvalue weighted by atomic mass is 32.2. The van der Waals surface area contributed by atoms with E-state index in [0.29, 0.717) is 22.6 Å². The van der Waals surface area contributed by atoms with Gasteiger partial charge >= 0.3 is 5.97 Å². The summed E-state index contributed by atoms with van der Waals surface area (Å²) < 4.78 is 6.92. The van der Waals surface area contributed by atoms with Crippen LogP contribution in [0.5, 0.6) is 0 Å². The normalized spacial score (nSPS) is 10.8. The lowest BCUT2D eigenvalue weighted by molar-refractivity contribution is -0.133. The van der Waals surface area contributed by atoms with E-state index in [1.807, 2.05) is 0 Å². The third-order valence-electron chi connectivity index (χ3n) is 2.22. The van der Waals surface area contributed by atoms with E-state index in [2.05, 4.69) is 15.2 Å². The number of carbonyl (C=O) groups is 1. The molecule has 2 aromatic rings. The van der Waals surface area contributed by atoms with Crippen molar-refractivity contribution in [2.75, 3.05) is 5.75 Å². The van der Waals surface area contributed by atoms with Crippen molar-refractivity contribution in [2.45, 2.75) is 25.2 Å². The average molecular weight is 284 g/mol. The summed E-state index contributed by atoms with van der Waals surface area (Å²) in [5, 5.41) is 25.9. The van der Waals surface area contributed by atoms with E-state index in [0.717, 1.165) is 11.8 Å². The van der Waals surface area contributed by atoms with Gasteiger partial charge in [-0.1, -0.05) is 11.8 Å². The first kappa shape index (κ1) is 13.6. The zero-order valence-corrected chi connectivity index (χ0v) is 10.9. The molecule has 9 heteroatoms. The number of aliphatic carboxylic acids is 1. The molecule has 8 nitrogen and oxygen atoms in total. The Labute approximate surface area is 112 Å². The molecular weight excluding hydrogens is 272 g/mol. The van der Waals surface area contributed by atoms with E-state index in [4.69, 9.17) is 9.52 Å². The number of nitrogens with zero attached hydrogens (tertiary/aromatic N) is 4. The van der Waals surface area contributed by atoms with Crippen molar-refractivity contribution in [3.05, 3.63) is 23.7 Å². The fourth-order valence-electron chi connectivity index (χ4n) is 1.44. The van der Waals surface area contributed by atoms with E-state index in [1.165, 1.54) is 0 Å². The summed E-state index contributed by atoms with van der Waals surface area (Å²) in [6.07, 6.45) is 1.59. The Morgan fingerprint density at radius 2 is 2.32 bits per heavy atom. The number of hydrogen-bond acceptors (Lipinski definition) is 7. The maximum absolute atomic E-state index is 10.6. The summed E-state index contributed by atoms with van der Waals surface area (Å²) in [5.74, 6) is 0.382. The second-order valence-electron chi connectivity index (χ2n) is 3.69. The zero-order valence-electron chi connectivity index (χ0n) is 10.1. The molecule has 0 spiro atoms. The summed E-state index contributed by atoms with van der Waals surface area (Å²) in [7, 11) is 0. The minimum Gasteiger partial charge on any atom is -0.481 e. The molecule has 19 heavy (non-hydrogen) atoms. The zero-order chi connectivity index (χ0) is 13.8. The van der Waals surface area contributed by atoms with Crippen LogP contribution >= 0.6 is 11.8 Å². The number of hydrogen-bond donors (Lipinski definition) is 2. The van der Waals surface area contributed by atoms with Crippen molar-refractivity contribution in [1.29, 1.82) is 0 Å². The minimum atomic E-state index is -0.947. The van der Waals surface area contributed by atoms with Gasteiger partial charge in [0, 0.05) is 0 Å². The number of aromatic nitrogens is 4. The van der Waals surface area contributed by atoms with Crippen LogP contribution in [-0.4, -0.2) is 41.7 Å². The predicted octanol–water partition coefficient (Wildman–Crippen LogP) is 0.292. The lowest BCUT2D eigenvalue weighted by Crippen LogP contribution is -2.08. The van der Waals surface area contributed by atoms with Gasteiger partial charge in [0.05, 0.1) is 11.9 Å². The van der Waals surface area contributed by atoms with Gasteiger partial charge in [-0.3, -0.25) is 9.36 Å². The molecule has 102 valence electrons. The Morgan fingerprint density at radius 3 is 2.89 bits per heavy atom. The van der Waals surface area contributed by atoms with Crippen molar-refractivity contribution >= 4 is 17.7 Å². The average Bonchev–Trinajstić information content (AvgIpc) is 2.94. The molecule has 0 amide bonds. The number of carboxylic acid groups (broad SMARTS) is 1. The number of rotatable bonds is 6. The third-order valence-corrected chi connectivity index (χ3v) is 3.17. The molecule has 0 unspecified atom stereocenters. The summed E-state index contributed by atoms with van der Waals surface area (Å²) in [6, 6.07) is 0. The number of oxazole rings is 1. The highest BCUT2D eigenvalue weighted by Crippen LogP contribution is 2.18. The minimum absolute atomic E-state index is 0.131. The Hall–Kier alpha value is -1.87. The number of aliphatic hydroxyl groups is 1. The summed E-state index contributed by atoms with van der Waals surface area (Å²) in [6.45, 7) is 1.73. The van der Waals surface area contributed by atoms with Crippen molar-refractivity contribution in [1.82, 2.24) is 19.7 Å². The van der Waals surface area contributed by atoms with Crippen molar-refractivity contribution in [3.8, 4) is 0 Å². The first-order valence-corrected chi connectivity index (χ1v) is 6.37. The molecule has 0 saturated carbocycles. The van der Waals surface area contributed by atoms with Crippen LogP contribution in [0.2, 0.25) is 0 Å². The van der Waals surface area contributed by atoms with Crippen LogP contribution in [0.1, 0.15) is 17.5 Å². The van der Waals surface area contributed by atoms with Crippen LogP contribution in [0.25, 0.3) is 0 Å². The van der Waals surface area contributed by atoms with Crippen LogP contribution in [0.4, 0.5) is 0 Å². The topological polar surface area (TPSA) is 114 Å². The van der Waals surface area contributed by atoms with E-state index in [9.17, 15) is 9.90 Å². The second kappa shape index (κ2) is 5.85. The van der Waals surface area contributed by atoms with Crippen molar-refractivity contribution < 1.29 is 19.4 Å². The fourth-order valence-corrected chi connectivity index (χ4v) is 2.11. The summed E-state index contributed by atoms with van der Waals surface area (Å²) >= 11 is 1.03. The van der Waals surface area contributed by atoms with Crippen LogP contribution in [0.15, 0.2) is 15.8 Å². The van der Waals surface area contributed by atoms with Gasteiger partial charge in [-0.2, -0.15) is 0 Å². The second-order valence-corrected chi connectivity index (χ2v) is 4.63. The van der Waals surface area contributed by atoms with Gasteiger partial charge in [0.1, 0.15) is 18.9 Å². The first-order chi connectivity index (χ1) is 9.10. The molecule has 0 aliphatic carbocycles. The number of carboxylic acids is 1. The van der Waals surface area contributed by atoms with Gasteiger partial charge in [-0.15, -0.1) is 10.2 Å². The van der Waals surface area contributed by atoms with Gasteiger partial charge in [0.2, 0.25) is 5.89 Å². The smallest absolute Gasteiger partial charge is 0.313 e. The molecule has 2 heterocycles. The Morgan fingerprint density at radius 1 is 1.53 bits per heavy atom. The quantitative estimate of drug-likeness (QED) is 0.727. The molecular formula is C10H12N4O4S. The molecule has 0 aromatic carbocycles. The van der Waals surface area contributed by atoms with E-state index in [-0.39, 0.29) is 18.9 Å². The molecule has 0 atom stereocenters. The molecule has 0 aliphatic heterocycles. The largest absolute Gasteiger partial charge is 0.481 e. The van der Waals surface area contributed by atoms with E-state index in [1.54, 1.807) is 17.7 Å². The maximum Gasteiger partial charge on any atom is 0.313 e. The molecule has 0 aliphatic rings. The van der Waals surface area contributed by atoms with Gasteiger partial charge in [0.25, 0.3) is 0 Å². The maximum atomic E-state index is 10.6. The number of aliphatic hydroxyl groups excluding tert-OH is 1. The van der Waals surface area contributed by atoms with Crippen molar-refractivity contribution in [3.63, 3.8) is 0 Å². The van der Waals surface area contributed by atoms with Crippen LogP contribution < -0.4 is 0 Å². The molecule has 2 rings (SSSR count). The lowest BCUT2D eigenvalue weighted by atomic mass is 10.5. The lowest BCUT2D eigenvalue weighted by Gasteiger charge is -2.05. The molecule has 2 N–H and O–H groups in total. The van der Waals surface area contributed by atoms with Gasteiger partial charge in [-0.05, 0) is 6.92 Å². The van der Waals surface area contributed by atoms with Gasteiger partial charge in [0.15, 0.2) is 11.0 Å². The standard InChI is InChI=1S/C10H12N4O4S/c1-6-2-11-8(18-6)3-14-7(4-15)12-13-10(14)19-5-9(16)17/h2,15H,3-5H2,1H3,(H,16,17). The Bertz CT molecular complexity index is 580. The molecule has 0 saturated heterocycles. The van der Waals surface area contributed by atoms with E-state index >= 15 is 0 Å². The van der Waals surface area contributed by atoms with Crippen molar-refractivity contribution in [2.24, 2.45) is 0 Å². The fraction of sp³-hybridized carbons (Fsp3) is 0.400. The Kier molecular flexibility index (Phi) is 4.17. The van der Waals surface area contributed by atoms with Crippen LogP contribution in [0, 0.1) is 6.92 Å². The van der Waals surface area contributed by atoms with Crippen LogP contribution in [-0.2, 0) is 17.9 Å². The van der Waals surface area contributed by atoms with E-state index < -0.39 is 5.97 Å². The monoisotopic (exact) mass is 284 g/mol. The van der Waals surface area contributed by atoms with Crippen LogP contribution in [0.3, 0.4) is 0 Å². The van der Waals surface area contributed by atoms with Gasteiger partial charge in [-0.25, -0.2) is 4.98 Å². The first-order valence-electron chi connectivity index (χ1n) is 5.39. The predicted molar refractivity (Wildman–Crippen MR) is 64.6 cm³/mol. The summed E-state index contributed by atoms with van der Waals surface area (Å²) in [5.41, 5.74) is 0. The third kappa shape index (κ3) is 3.32. The SMILES string of the molecule is Cc1cnc(Cn2c(CO)nnc2SCC(=O)O)o1. The highest BCUT2D eigenvalue weighted by molar-refractivity contribution is 7.99. The molecule has 0 fully saturated rings. The summed E-state index contributed by atoms with van der Waals surface area (Å²) in [4.78, 5) is 14.6. The number of thioether (sulfide) groups is 1. The molecule has 0 bridgehead atoms. The number of aryl methyl sites for hydroxylation is 1. The highest BCUT2D eigenvalue weighted by Gasteiger charge is 2.15. The van der Waals surface area contributed by atoms with Gasteiger partial charge < -0.3 is 14.6 Å². The molecule has 2 aromatic heterocycles. The molecule has 0 radical (unpaired) electrons. The Balaban J connectivity index is 2.20.